The van der Waals surface area contributed by atoms with E-state index < -0.39 is 6.09 Å². The first-order valence-corrected chi connectivity index (χ1v) is 4.75. The lowest BCUT2D eigenvalue weighted by Gasteiger charge is -2.17. The van der Waals surface area contributed by atoms with Crippen LogP contribution in [0.25, 0.3) is 0 Å². The molecule has 0 spiro atoms. The van der Waals surface area contributed by atoms with Crippen LogP contribution in [-0.2, 0) is 0 Å². The quantitative estimate of drug-likeness (QED) is 0.341. The highest BCUT2D eigenvalue weighted by Crippen LogP contribution is 1.99. The molecule has 0 saturated carbocycles. The maximum atomic E-state index is 10.9. The molecule has 7 nitrogen and oxygen atoms in total. The summed E-state index contributed by atoms with van der Waals surface area (Å²) in [5, 5.41) is 20.8. The van der Waals surface area contributed by atoms with Gasteiger partial charge in [-0.1, -0.05) is 11.2 Å². The van der Waals surface area contributed by atoms with Crippen LogP contribution in [0.4, 0.5) is 4.79 Å². The Kier molecular flexibility index (Phi) is 4.61. The lowest BCUT2D eigenvalue weighted by Crippen LogP contribution is -2.35. The van der Waals surface area contributed by atoms with Gasteiger partial charge in [0, 0.05) is 18.9 Å². The third-order valence-electron chi connectivity index (χ3n) is 1.94. The SMILES string of the molecule is C=CCN(C/C(=N/O)c1cnccn1)C(=O)O. The second-order valence-corrected chi connectivity index (χ2v) is 3.09. The third kappa shape index (κ3) is 3.56. The Hall–Kier alpha value is -2.44. The fourth-order valence-corrected chi connectivity index (χ4v) is 1.16. The summed E-state index contributed by atoms with van der Waals surface area (Å²) in [6, 6.07) is 0. The fourth-order valence-electron chi connectivity index (χ4n) is 1.16. The van der Waals surface area contributed by atoms with E-state index >= 15 is 0 Å². The van der Waals surface area contributed by atoms with Gasteiger partial charge in [-0.3, -0.25) is 14.9 Å². The van der Waals surface area contributed by atoms with E-state index in [2.05, 4.69) is 21.7 Å². The molecule has 90 valence electrons. The summed E-state index contributed by atoms with van der Waals surface area (Å²) in [5.74, 6) is 0. The molecule has 0 radical (unpaired) electrons. The summed E-state index contributed by atoms with van der Waals surface area (Å²) >= 11 is 0. The molecule has 1 aromatic heterocycles. The number of rotatable bonds is 5. The number of hydrogen-bond acceptors (Lipinski definition) is 5. The zero-order valence-corrected chi connectivity index (χ0v) is 9.02. The molecule has 1 aromatic rings. The minimum Gasteiger partial charge on any atom is -0.465 e. The van der Waals surface area contributed by atoms with Gasteiger partial charge in [-0.25, -0.2) is 4.79 Å². The summed E-state index contributed by atoms with van der Waals surface area (Å²) in [6.07, 6.45) is 4.61. The molecule has 1 heterocycles. The minimum absolute atomic E-state index is 0.0868. The van der Waals surface area contributed by atoms with Gasteiger partial charge < -0.3 is 10.3 Å². The van der Waals surface area contributed by atoms with Crippen molar-refractivity contribution in [1.29, 1.82) is 0 Å². The number of hydrogen-bond donors (Lipinski definition) is 2. The zero-order chi connectivity index (χ0) is 12.7. The number of carbonyl (C=O) groups is 1. The molecule has 0 unspecified atom stereocenters. The summed E-state index contributed by atoms with van der Waals surface area (Å²) in [7, 11) is 0. The van der Waals surface area contributed by atoms with Crippen molar-refractivity contribution in [3.05, 3.63) is 36.9 Å². The minimum atomic E-state index is -1.13. The first-order chi connectivity index (χ1) is 8.19. The fraction of sp³-hybridized carbons (Fsp3) is 0.200. The molecular formula is C10H12N4O3. The smallest absolute Gasteiger partial charge is 0.407 e. The van der Waals surface area contributed by atoms with Gasteiger partial charge in [-0.2, -0.15) is 0 Å². The summed E-state index contributed by atoms with van der Waals surface area (Å²) in [5.41, 5.74) is 0.452. The van der Waals surface area contributed by atoms with E-state index in [1.807, 2.05) is 0 Å². The Morgan fingerprint density at radius 1 is 1.59 bits per heavy atom. The molecule has 0 aliphatic heterocycles. The van der Waals surface area contributed by atoms with E-state index in [9.17, 15) is 4.79 Å². The Bertz CT molecular complexity index is 419. The van der Waals surface area contributed by atoms with Crippen LogP contribution in [0.1, 0.15) is 5.69 Å². The first-order valence-electron chi connectivity index (χ1n) is 4.75. The topological polar surface area (TPSA) is 98.9 Å². The van der Waals surface area contributed by atoms with Gasteiger partial charge in [0.25, 0.3) is 0 Å². The van der Waals surface area contributed by atoms with Crippen LogP contribution in [0.3, 0.4) is 0 Å². The van der Waals surface area contributed by atoms with Crippen LogP contribution in [0.15, 0.2) is 36.4 Å². The van der Waals surface area contributed by atoms with Crippen molar-refractivity contribution in [2.24, 2.45) is 5.16 Å². The van der Waals surface area contributed by atoms with Crippen molar-refractivity contribution < 1.29 is 15.1 Å². The van der Waals surface area contributed by atoms with E-state index in [1.54, 1.807) is 0 Å². The van der Waals surface area contributed by atoms with Crippen LogP contribution in [0, 0.1) is 0 Å². The highest BCUT2D eigenvalue weighted by atomic mass is 16.4. The van der Waals surface area contributed by atoms with E-state index in [1.165, 1.54) is 24.7 Å². The highest BCUT2D eigenvalue weighted by molar-refractivity contribution is 6.00. The zero-order valence-electron chi connectivity index (χ0n) is 9.02. The molecule has 0 saturated heterocycles. The Labute approximate surface area is 97.7 Å². The van der Waals surface area contributed by atoms with Gasteiger partial charge in [-0.05, 0) is 0 Å². The normalized spacial score (nSPS) is 10.9. The summed E-state index contributed by atoms with van der Waals surface area (Å²) < 4.78 is 0. The first kappa shape index (κ1) is 12.6. The van der Waals surface area contributed by atoms with Gasteiger partial charge in [-0.15, -0.1) is 6.58 Å². The van der Waals surface area contributed by atoms with Crippen LogP contribution >= 0.6 is 0 Å². The number of oxime groups is 1. The molecule has 0 aliphatic carbocycles. The summed E-state index contributed by atoms with van der Waals surface area (Å²) in [4.78, 5) is 19.7. The molecule has 7 heteroatoms. The van der Waals surface area contributed by atoms with Gasteiger partial charge in [0.2, 0.25) is 0 Å². The predicted octanol–water partition coefficient (Wildman–Crippen LogP) is 0.821. The number of aromatic nitrogens is 2. The Balaban J connectivity index is 2.83. The van der Waals surface area contributed by atoms with E-state index in [4.69, 9.17) is 10.3 Å². The molecular weight excluding hydrogens is 224 g/mol. The second-order valence-electron chi connectivity index (χ2n) is 3.09. The van der Waals surface area contributed by atoms with Crippen molar-refractivity contribution >= 4 is 11.8 Å². The van der Waals surface area contributed by atoms with Crippen molar-refractivity contribution in [3.8, 4) is 0 Å². The van der Waals surface area contributed by atoms with Crippen molar-refractivity contribution in [1.82, 2.24) is 14.9 Å². The largest absolute Gasteiger partial charge is 0.465 e. The predicted molar refractivity (Wildman–Crippen MR) is 60.2 cm³/mol. The molecule has 0 bridgehead atoms. The maximum absolute atomic E-state index is 10.9. The average molecular weight is 236 g/mol. The van der Waals surface area contributed by atoms with E-state index in [0.29, 0.717) is 5.69 Å². The number of amides is 1. The van der Waals surface area contributed by atoms with Crippen molar-refractivity contribution in [3.63, 3.8) is 0 Å². The Morgan fingerprint density at radius 2 is 2.35 bits per heavy atom. The van der Waals surface area contributed by atoms with Gasteiger partial charge in [0.15, 0.2) is 0 Å². The van der Waals surface area contributed by atoms with Crippen molar-refractivity contribution in [2.45, 2.75) is 0 Å². The van der Waals surface area contributed by atoms with E-state index in [0.717, 1.165) is 4.90 Å². The molecule has 0 aliphatic rings. The van der Waals surface area contributed by atoms with Gasteiger partial charge >= 0.3 is 6.09 Å². The molecule has 2 N–H and O–H groups in total. The molecule has 0 fully saturated rings. The van der Waals surface area contributed by atoms with Crippen LogP contribution in [-0.4, -0.2) is 50.1 Å². The highest BCUT2D eigenvalue weighted by Gasteiger charge is 2.15. The summed E-state index contributed by atoms with van der Waals surface area (Å²) in [6.45, 7) is 3.50. The number of nitrogens with zero attached hydrogens (tertiary/aromatic N) is 4. The lowest BCUT2D eigenvalue weighted by atomic mass is 10.2. The Morgan fingerprint density at radius 3 is 2.82 bits per heavy atom. The molecule has 17 heavy (non-hydrogen) atoms. The van der Waals surface area contributed by atoms with E-state index in [-0.39, 0.29) is 18.8 Å². The molecule has 0 atom stereocenters. The monoisotopic (exact) mass is 236 g/mol. The van der Waals surface area contributed by atoms with Crippen LogP contribution < -0.4 is 0 Å². The third-order valence-corrected chi connectivity index (χ3v) is 1.94. The van der Waals surface area contributed by atoms with Gasteiger partial charge in [0.05, 0.1) is 12.7 Å². The van der Waals surface area contributed by atoms with Crippen LogP contribution in [0.5, 0.6) is 0 Å². The molecule has 0 aromatic carbocycles. The average Bonchev–Trinajstić information content (AvgIpc) is 2.35. The molecule has 1 rings (SSSR count). The standard InChI is InChI=1S/C10H12N4O3/c1-2-5-14(10(15)16)7-9(13-17)8-6-11-3-4-12-8/h2-4,6,17H,1,5,7H2,(H,15,16)/b13-9-. The second kappa shape index (κ2) is 6.21. The van der Waals surface area contributed by atoms with Gasteiger partial charge in [0.1, 0.15) is 11.4 Å². The maximum Gasteiger partial charge on any atom is 0.407 e. The molecule has 1 amide bonds. The lowest BCUT2D eigenvalue weighted by molar-refractivity contribution is 0.156. The van der Waals surface area contributed by atoms with Crippen molar-refractivity contribution in [2.75, 3.05) is 13.1 Å². The van der Waals surface area contributed by atoms with Crippen LogP contribution in [0.2, 0.25) is 0 Å². The number of carboxylic acid groups (broad SMARTS) is 1.